The number of aromatic amines is 1. The number of fused-ring (bicyclic) bond motifs is 1. The zero-order valence-electron chi connectivity index (χ0n) is 18.8. The van der Waals surface area contributed by atoms with E-state index in [0.29, 0.717) is 12.2 Å². The second-order valence-electron chi connectivity index (χ2n) is 7.82. The van der Waals surface area contributed by atoms with Crippen molar-refractivity contribution in [3.05, 3.63) is 82.2 Å². The van der Waals surface area contributed by atoms with Crippen LogP contribution >= 0.6 is 0 Å². The van der Waals surface area contributed by atoms with Crippen molar-refractivity contribution in [3.8, 4) is 5.75 Å². The number of pyridine rings is 1. The van der Waals surface area contributed by atoms with Crippen molar-refractivity contribution in [1.82, 2.24) is 24.8 Å². The van der Waals surface area contributed by atoms with Gasteiger partial charge in [-0.15, -0.1) is 0 Å². The molecule has 1 amide bonds. The zero-order chi connectivity index (χ0) is 23.4. The molecule has 1 aromatic carbocycles. The van der Waals surface area contributed by atoms with Crippen LogP contribution in [0.3, 0.4) is 0 Å². The molecule has 4 aromatic rings. The van der Waals surface area contributed by atoms with Crippen molar-refractivity contribution < 1.29 is 9.53 Å². The summed E-state index contributed by atoms with van der Waals surface area (Å²) in [5.74, 6) is 0.649. The summed E-state index contributed by atoms with van der Waals surface area (Å²) in [5, 5.41) is 6.98. The smallest absolute Gasteiger partial charge is 0.293 e. The Morgan fingerprint density at radius 1 is 1.21 bits per heavy atom. The third-order valence-electron chi connectivity index (χ3n) is 5.45. The molecule has 0 aliphatic heterocycles. The monoisotopic (exact) mass is 446 g/mol. The number of benzene rings is 1. The molecule has 3 heterocycles. The van der Waals surface area contributed by atoms with Crippen molar-refractivity contribution in [2.45, 2.75) is 33.0 Å². The molecule has 0 spiro atoms. The van der Waals surface area contributed by atoms with Gasteiger partial charge in [0.2, 0.25) is 5.91 Å². The number of amides is 1. The van der Waals surface area contributed by atoms with Crippen LogP contribution in [0.1, 0.15) is 29.8 Å². The Morgan fingerprint density at radius 3 is 2.88 bits per heavy atom. The molecule has 0 unspecified atom stereocenters. The number of carbonyl (C=O) groups is 1. The van der Waals surface area contributed by atoms with Crippen molar-refractivity contribution in [3.63, 3.8) is 0 Å². The van der Waals surface area contributed by atoms with Crippen molar-refractivity contribution >= 4 is 22.8 Å². The summed E-state index contributed by atoms with van der Waals surface area (Å²) in [4.78, 5) is 37.2. The summed E-state index contributed by atoms with van der Waals surface area (Å²) in [5.41, 5.74) is 2.88. The molecule has 4 rings (SSSR count). The van der Waals surface area contributed by atoms with Gasteiger partial charge in [-0.1, -0.05) is 12.1 Å². The second-order valence-corrected chi connectivity index (χ2v) is 7.82. The van der Waals surface area contributed by atoms with E-state index in [4.69, 9.17) is 4.74 Å². The molecule has 0 fully saturated rings. The number of aryl methyl sites for hydroxylation is 1. The highest BCUT2D eigenvalue weighted by molar-refractivity contribution is 5.77. The molecule has 3 N–H and O–H groups in total. The maximum absolute atomic E-state index is 13.0. The first kappa shape index (κ1) is 22.1. The van der Waals surface area contributed by atoms with Crippen LogP contribution in [0.25, 0.3) is 11.0 Å². The Morgan fingerprint density at radius 2 is 2.06 bits per heavy atom. The van der Waals surface area contributed by atoms with Gasteiger partial charge in [-0.2, -0.15) is 0 Å². The number of carbonyl (C=O) groups excluding carboxylic acids is 1. The van der Waals surface area contributed by atoms with Gasteiger partial charge in [-0.25, -0.2) is 9.97 Å². The van der Waals surface area contributed by atoms with Crippen LogP contribution in [0.5, 0.6) is 5.75 Å². The second kappa shape index (κ2) is 9.56. The quantitative estimate of drug-likeness (QED) is 0.384. The van der Waals surface area contributed by atoms with Gasteiger partial charge in [0, 0.05) is 36.2 Å². The summed E-state index contributed by atoms with van der Waals surface area (Å²) in [6, 6.07) is 11.3. The highest BCUT2D eigenvalue weighted by Gasteiger charge is 2.15. The number of aromatic nitrogens is 4. The third kappa shape index (κ3) is 5.03. The first-order chi connectivity index (χ1) is 15.9. The van der Waals surface area contributed by atoms with Gasteiger partial charge < -0.3 is 20.4 Å². The van der Waals surface area contributed by atoms with E-state index in [2.05, 4.69) is 25.6 Å². The van der Waals surface area contributed by atoms with Gasteiger partial charge in [0.05, 0.1) is 13.2 Å². The largest absolute Gasteiger partial charge is 0.497 e. The fourth-order valence-corrected chi connectivity index (χ4v) is 3.55. The minimum Gasteiger partial charge on any atom is -0.497 e. The Labute approximate surface area is 190 Å². The van der Waals surface area contributed by atoms with Crippen molar-refractivity contribution in [2.75, 3.05) is 12.4 Å². The Bertz CT molecular complexity index is 1340. The van der Waals surface area contributed by atoms with E-state index in [1.807, 2.05) is 49.5 Å². The van der Waals surface area contributed by atoms with Gasteiger partial charge in [-0.05, 0) is 49.2 Å². The summed E-state index contributed by atoms with van der Waals surface area (Å²) < 4.78 is 6.68. The van der Waals surface area contributed by atoms with Gasteiger partial charge in [0.25, 0.3) is 5.56 Å². The Kier molecular flexibility index (Phi) is 6.39. The predicted molar refractivity (Wildman–Crippen MR) is 126 cm³/mol. The van der Waals surface area contributed by atoms with E-state index < -0.39 is 0 Å². The number of hydrogen-bond donors (Lipinski definition) is 3. The van der Waals surface area contributed by atoms with Gasteiger partial charge in [0.15, 0.2) is 5.82 Å². The molecule has 170 valence electrons. The SMILES string of the molecule is COc1cccc([C@H](C)Nc2ncc(C)n(CC(=O)NCc3cnc4[nH]ccc4c3)c2=O)c1. The highest BCUT2D eigenvalue weighted by atomic mass is 16.5. The van der Waals surface area contributed by atoms with E-state index >= 15 is 0 Å². The number of nitrogens with zero attached hydrogens (tertiary/aromatic N) is 3. The third-order valence-corrected chi connectivity index (χ3v) is 5.45. The summed E-state index contributed by atoms with van der Waals surface area (Å²) in [6.07, 6.45) is 5.11. The lowest BCUT2D eigenvalue weighted by molar-refractivity contribution is -0.121. The number of methoxy groups -OCH3 is 1. The number of ether oxygens (including phenoxy) is 1. The molecule has 1 atom stereocenters. The normalized spacial score (nSPS) is 11.8. The van der Waals surface area contributed by atoms with Gasteiger partial charge in [-0.3, -0.25) is 14.2 Å². The lowest BCUT2D eigenvalue weighted by Crippen LogP contribution is -2.34. The average molecular weight is 447 g/mol. The number of H-pyrrole nitrogens is 1. The van der Waals surface area contributed by atoms with Crippen LogP contribution in [0, 0.1) is 6.92 Å². The minimum absolute atomic E-state index is 0.102. The molecule has 0 bridgehead atoms. The van der Waals surface area contributed by atoms with Gasteiger partial charge in [0.1, 0.15) is 17.9 Å². The topological polar surface area (TPSA) is 114 Å². The predicted octanol–water partition coefficient (Wildman–Crippen LogP) is 2.93. The molecule has 9 nitrogen and oxygen atoms in total. The standard InChI is InChI=1S/C24H26N6O3/c1-15-11-27-23(29-16(2)18-5-4-6-20(10-18)33-3)24(32)30(15)14-21(31)26-12-17-9-19-7-8-25-22(19)28-13-17/h4-11,13,16H,12,14H2,1-3H3,(H,25,28)(H,26,31)(H,27,29)/t16-/m0/s1. The number of nitrogens with one attached hydrogen (secondary N) is 3. The van der Waals surface area contributed by atoms with Crippen LogP contribution in [-0.2, 0) is 17.9 Å². The molecule has 0 saturated carbocycles. The van der Waals surface area contributed by atoms with Gasteiger partial charge >= 0.3 is 0 Å². The fraction of sp³-hybridized carbons (Fsp3) is 0.250. The molecule has 0 aliphatic carbocycles. The Balaban J connectivity index is 1.44. The fourth-order valence-electron chi connectivity index (χ4n) is 3.55. The van der Waals surface area contributed by atoms with Crippen LogP contribution in [-0.4, -0.2) is 32.5 Å². The van der Waals surface area contributed by atoms with E-state index in [-0.39, 0.29) is 29.9 Å². The van der Waals surface area contributed by atoms with E-state index in [0.717, 1.165) is 27.9 Å². The molecule has 3 aromatic heterocycles. The first-order valence-corrected chi connectivity index (χ1v) is 10.6. The maximum atomic E-state index is 13.0. The van der Waals surface area contributed by atoms with Crippen LogP contribution in [0.2, 0.25) is 0 Å². The molecule has 9 heteroatoms. The van der Waals surface area contributed by atoms with E-state index in [1.165, 1.54) is 4.57 Å². The molecule has 0 radical (unpaired) electrons. The zero-order valence-corrected chi connectivity index (χ0v) is 18.8. The van der Waals surface area contributed by atoms with Crippen LogP contribution < -0.4 is 20.9 Å². The number of rotatable bonds is 8. The summed E-state index contributed by atoms with van der Waals surface area (Å²) in [6.45, 7) is 3.90. The highest BCUT2D eigenvalue weighted by Crippen LogP contribution is 2.21. The molecular weight excluding hydrogens is 420 g/mol. The lowest BCUT2D eigenvalue weighted by atomic mass is 10.1. The molecule has 0 aliphatic rings. The summed E-state index contributed by atoms with van der Waals surface area (Å²) >= 11 is 0. The molecule has 0 saturated heterocycles. The average Bonchev–Trinajstić information content (AvgIpc) is 3.30. The number of hydrogen-bond acceptors (Lipinski definition) is 6. The van der Waals surface area contributed by atoms with E-state index in [1.54, 1.807) is 26.4 Å². The minimum atomic E-state index is -0.352. The lowest BCUT2D eigenvalue weighted by Gasteiger charge is -2.17. The summed E-state index contributed by atoms with van der Waals surface area (Å²) in [7, 11) is 1.61. The van der Waals surface area contributed by atoms with Crippen molar-refractivity contribution in [2.24, 2.45) is 0 Å². The Hall–Kier alpha value is -4.14. The van der Waals surface area contributed by atoms with E-state index in [9.17, 15) is 9.59 Å². The number of anilines is 1. The van der Waals surface area contributed by atoms with Crippen molar-refractivity contribution in [1.29, 1.82) is 0 Å². The van der Waals surface area contributed by atoms with Crippen LogP contribution in [0.4, 0.5) is 5.82 Å². The first-order valence-electron chi connectivity index (χ1n) is 10.6. The molecule has 33 heavy (non-hydrogen) atoms. The molecular formula is C24H26N6O3. The van der Waals surface area contributed by atoms with Crippen LogP contribution in [0.15, 0.2) is 59.8 Å². The maximum Gasteiger partial charge on any atom is 0.293 e.